The summed E-state index contributed by atoms with van der Waals surface area (Å²) < 4.78 is 23.0. The van der Waals surface area contributed by atoms with Crippen LogP contribution in [0.3, 0.4) is 0 Å². The Morgan fingerprint density at radius 3 is 3.19 bits per heavy atom. The summed E-state index contributed by atoms with van der Waals surface area (Å²) in [4.78, 5) is 12.2. The Bertz CT molecular complexity index is 638. The molecule has 1 atom stereocenters. The van der Waals surface area contributed by atoms with Gasteiger partial charge in [-0.15, -0.1) is 11.3 Å². The zero-order valence-electron chi connectivity index (χ0n) is 12.1. The SMILES string of the molecule is CN=C(NCC1CCS(=O)(=O)C1)N1CCc2ncsc2C1. The fraction of sp³-hybridized carbons (Fsp3) is 0.692. The Labute approximate surface area is 129 Å². The number of nitrogens with one attached hydrogen (secondary N) is 1. The van der Waals surface area contributed by atoms with Crippen LogP contribution in [0.4, 0.5) is 0 Å². The number of thiazole rings is 1. The Kier molecular flexibility index (Phi) is 4.17. The highest BCUT2D eigenvalue weighted by molar-refractivity contribution is 7.91. The summed E-state index contributed by atoms with van der Waals surface area (Å²) in [5, 5.41) is 3.34. The number of nitrogens with zero attached hydrogens (tertiary/aromatic N) is 3. The number of hydrogen-bond acceptors (Lipinski definition) is 5. The van der Waals surface area contributed by atoms with Crippen LogP contribution in [-0.2, 0) is 22.8 Å². The van der Waals surface area contributed by atoms with Crippen molar-refractivity contribution in [3.63, 3.8) is 0 Å². The van der Waals surface area contributed by atoms with Crippen molar-refractivity contribution in [2.24, 2.45) is 10.9 Å². The highest BCUT2D eigenvalue weighted by atomic mass is 32.2. The molecule has 0 aliphatic carbocycles. The van der Waals surface area contributed by atoms with Crippen molar-refractivity contribution >= 4 is 27.1 Å². The minimum atomic E-state index is -2.81. The van der Waals surface area contributed by atoms with E-state index >= 15 is 0 Å². The molecule has 0 spiro atoms. The number of aliphatic imine (C=N–C) groups is 1. The topological polar surface area (TPSA) is 74.7 Å². The fourth-order valence-corrected chi connectivity index (χ4v) is 5.59. The molecule has 1 N–H and O–H groups in total. The monoisotopic (exact) mass is 328 g/mol. The number of rotatable bonds is 2. The molecule has 3 rings (SSSR count). The van der Waals surface area contributed by atoms with Crippen LogP contribution in [0, 0.1) is 5.92 Å². The van der Waals surface area contributed by atoms with Crippen LogP contribution in [0.25, 0.3) is 0 Å². The van der Waals surface area contributed by atoms with Gasteiger partial charge in [0.25, 0.3) is 0 Å². The van der Waals surface area contributed by atoms with Crippen molar-refractivity contribution in [2.75, 3.05) is 31.6 Å². The molecule has 0 amide bonds. The summed E-state index contributed by atoms with van der Waals surface area (Å²) >= 11 is 1.69. The van der Waals surface area contributed by atoms with Crippen LogP contribution in [-0.4, -0.2) is 55.9 Å². The first kappa shape index (κ1) is 14.8. The molecular formula is C13H20N4O2S2. The number of fused-ring (bicyclic) bond motifs is 1. The highest BCUT2D eigenvalue weighted by Gasteiger charge is 2.28. The Balaban J connectivity index is 1.57. The molecule has 0 bridgehead atoms. The first-order valence-corrected chi connectivity index (χ1v) is 9.85. The van der Waals surface area contributed by atoms with Gasteiger partial charge in [0.15, 0.2) is 15.8 Å². The van der Waals surface area contributed by atoms with Gasteiger partial charge in [0, 0.05) is 31.4 Å². The zero-order chi connectivity index (χ0) is 14.9. The Hall–Kier alpha value is -1.15. The molecule has 116 valence electrons. The first-order valence-electron chi connectivity index (χ1n) is 7.14. The quantitative estimate of drug-likeness (QED) is 0.632. The Morgan fingerprint density at radius 1 is 1.62 bits per heavy atom. The van der Waals surface area contributed by atoms with E-state index in [1.54, 1.807) is 18.4 Å². The van der Waals surface area contributed by atoms with Crippen LogP contribution in [0.2, 0.25) is 0 Å². The fourth-order valence-electron chi connectivity index (χ4n) is 2.90. The van der Waals surface area contributed by atoms with Gasteiger partial charge in [0.1, 0.15) is 0 Å². The molecule has 1 aromatic rings. The third-order valence-corrected chi connectivity index (χ3v) is 6.76. The molecular weight excluding hydrogens is 308 g/mol. The summed E-state index contributed by atoms with van der Waals surface area (Å²) in [6.45, 7) is 2.42. The minimum absolute atomic E-state index is 0.204. The van der Waals surface area contributed by atoms with E-state index in [1.165, 1.54) is 10.6 Å². The van der Waals surface area contributed by atoms with Gasteiger partial charge in [-0.1, -0.05) is 0 Å². The maximum atomic E-state index is 11.5. The smallest absolute Gasteiger partial charge is 0.193 e. The molecule has 21 heavy (non-hydrogen) atoms. The van der Waals surface area contributed by atoms with Gasteiger partial charge in [-0.2, -0.15) is 0 Å². The van der Waals surface area contributed by atoms with Crippen LogP contribution >= 0.6 is 11.3 Å². The highest BCUT2D eigenvalue weighted by Crippen LogP contribution is 2.22. The van der Waals surface area contributed by atoms with Gasteiger partial charge < -0.3 is 10.2 Å². The second-order valence-corrected chi connectivity index (χ2v) is 8.76. The van der Waals surface area contributed by atoms with Crippen molar-refractivity contribution in [3.05, 3.63) is 16.1 Å². The standard InChI is InChI=1S/C13H20N4O2S2/c1-14-13(15-6-10-3-5-21(18,19)8-10)17-4-2-11-12(7-17)20-9-16-11/h9-10H,2-8H2,1H3,(H,14,15). The van der Waals surface area contributed by atoms with Gasteiger partial charge in [0.2, 0.25) is 0 Å². The van der Waals surface area contributed by atoms with Gasteiger partial charge in [-0.3, -0.25) is 4.99 Å². The molecule has 0 aromatic carbocycles. The summed E-state index contributed by atoms with van der Waals surface area (Å²) in [5.41, 5.74) is 3.10. The van der Waals surface area contributed by atoms with Crippen LogP contribution < -0.4 is 5.32 Å². The van der Waals surface area contributed by atoms with Crippen LogP contribution in [0.15, 0.2) is 10.5 Å². The molecule has 1 fully saturated rings. The lowest BCUT2D eigenvalue weighted by atomic mass is 10.1. The number of guanidine groups is 1. The molecule has 0 radical (unpaired) electrons. The molecule has 1 aromatic heterocycles. The maximum Gasteiger partial charge on any atom is 0.193 e. The number of aromatic nitrogens is 1. The molecule has 2 aliphatic heterocycles. The second kappa shape index (κ2) is 5.92. The average Bonchev–Trinajstić information content (AvgIpc) is 3.05. The molecule has 1 unspecified atom stereocenters. The summed E-state index contributed by atoms with van der Waals surface area (Å²) in [7, 11) is -1.03. The Morgan fingerprint density at radius 2 is 2.48 bits per heavy atom. The first-order chi connectivity index (χ1) is 10.1. The lowest BCUT2D eigenvalue weighted by Gasteiger charge is -2.30. The van der Waals surface area contributed by atoms with E-state index in [9.17, 15) is 8.42 Å². The predicted molar refractivity (Wildman–Crippen MR) is 84.4 cm³/mol. The molecule has 8 heteroatoms. The van der Waals surface area contributed by atoms with E-state index in [0.29, 0.717) is 18.1 Å². The van der Waals surface area contributed by atoms with Crippen molar-refractivity contribution in [1.29, 1.82) is 0 Å². The number of hydrogen-bond donors (Lipinski definition) is 1. The van der Waals surface area contributed by atoms with Crippen molar-refractivity contribution < 1.29 is 8.42 Å². The van der Waals surface area contributed by atoms with E-state index in [2.05, 4.69) is 20.2 Å². The van der Waals surface area contributed by atoms with E-state index in [0.717, 1.165) is 31.9 Å². The molecule has 6 nitrogen and oxygen atoms in total. The molecule has 0 saturated carbocycles. The third kappa shape index (κ3) is 3.37. The summed E-state index contributed by atoms with van der Waals surface area (Å²) in [6.07, 6.45) is 1.70. The maximum absolute atomic E-state index is 11.5. The largest absolute Gasteiger partial charge is 0.356 e. The second-order valence-electron chi connectivity index (χ2n) is 5.59. The zero-order valence-corrected chi connectivity index (χ0v) is 13.7. The van der Waals surface area contributed by atoms with E-state index in [1.807, 2.05) is 5.51 Å². The minimum Gasteiger partial charge on any atom is -0.356 e. The normalized spacial score (nSPS) is 24.9. The van der Waals surface area contributed by atoms with Gasteiger partial charge in [-0.05, 0) is 12.3 Å². The van der Waals surface area contributed by atoms with Crippen molar-refractivity contribution in [1.82, 2.24) is 15.2 Å². The van der Waals surface area contributed by atoms with Gasteiger partial charge in [0.05, 0.1) is 29.3 Å². The molecule has 2 aliphatic rings. The van der Waals surface area contributed by atoms with E-state index in [4.69, 9.17) is 0 Å². The molecule has 3 heterocycles. The molecule has 1 saturated heterocycles. The van der Waals surface area contributed by atoms with E-state index < -0.39 is 9.84 Å². The van der Waals surface area contributed by atoms with Gasteiger partial charge >= 0.3 is 0 Å². The average molecular weight is 328 g/mol. The van der Waals surface area contributed by atoms with Crippen LogP contribution in [0.1, 0.15) is 17.0 Å². The van der Waals surface area contributed by atoms with Gasteiger partial charge in [-0.25, -0.2) is 13.4 Å². The predicted octanol–water partition coefficient (Wildman–Crippen LogP) is 0.511. The van der Waals surface area contributed by atoms with Crippen LogP contribution in [0.5, 0.6) is 0 Å². The lowest BCUT2D eigenvalue weighted by Crippen LogP contribution is -2.45. The van der Waals surface area contributed by atoms with Crippen molar-refractivity contribution in [3.8, 4) is 0 Å². The summed E-state index contributed by atoms with van der Waals surface area (Å²) in [5.74, 6) is 1.69. The van der Waals surface area contributed by atoms with Crippen molar-refractivity contribution in [2.45, 2.75) is 19.4 Å². The number of sulfone groups is 1. The van der Waals surface area contributed by atoms with E-state index in [-0.39, 0.29) is 5.92 Å². The summed E-state index contributed by atoms with van der Waals surface area (Å²) in [6, 6.07) is 0. The third-order valence-electron chi connectivity index (χ3n) is 4.07. The lowest BCUT2D eigenvalue weighted by molar-refractivity contribution is 0.376.